The van der Waals surface area contributed by atoms with Gasteiger partial charge in [0, 0.05) is 10.2 Å². The van der Waals surface area contributed by atoms with E-state index in [9.17, 15) is 4.79 Å². The predicted molar refractivity (Wildman–Crippen MR) is 87.1 cm³/mol. The molecular formula is C17H18BrNO. The highest BCUT2D eigenvalue weighted by atomic mass is 79.9. The molecule has 0 atom stereocenters. The van der Waals surface area contributed by atoms with E-state index in [2.05, 4.69) is 40.3 Å². The van der Waals surface area contributed by atoms with Gasteiger partial charge in [-0.1, -0.05) is 45.8 Å². The molecule has 0 fully saturated rings. The van der Waals surface area contributed by atoms with E-state index in [1.165, 1.54) is 5.56 Å². The number of carbonyl (C=O) groups is 1. The maximum atomic E-state index is 12.2. The van der Waals surface area contributed by atoms with E-state index >= 15 is 0 Å². The Morgan fingerprint density at radius 1 is 1.10 bits per heavy atom. The molecule has 0 bridgehead atoms. The number of benzene rings is 2. The zero-order valence-corrected chi connectivity index (χ0v) is 13.5. The second-order valence-electron chi connectivity index (χ2n) is 5.13. The summed E-state index contributed by atoms with van der Waals surface area (Å²) in [5, 5.41) is 3.02. The Morgan fingerprint density at radius 3 is 2.35 bits per heavy atom. The summed E-state index contributed by atoms with van der Waals surface area (Å²) in [6.45, 7) is 6.11. The Balaban J connectivity index is 2.13. The van der Waals surface area contributed by atoms with E-state index in [-0.39, 0.29) is 5.91 Å². The fourth-order valence-corrected chi connectivity index (χ4v) is 2.84. The van der Waals surface area contributed by atoms with E-state index in [4.69, 9.17) is 0 Å². The van der Waals surface area contributed by atoms with E-state index < -0.39 is 0 Å². The van der Waals surface area contributed by atoms with Gasteiger partial charge in [0.2, 0.25) is 5.91 Å². The van der Waals surface area contributed by atoms with Crippen LogP contribution in [0, 0.1) is 20.8 Å². The molecule has 2 aromatic rings. The van der Waals surface area contributed by atoms with Crippen molar-refractivity contribution in [2.45, 2.75) is 27.2 Å². The Bertz CT molecular complexity index is 626. The minimum Gasteiger partial charge on any atom is -0.325 e. The van der Waals surface area contributed by atoms with Gasteiger partial charge in [-0.15, -0.1) is 0 Å². The molecule has 0 spiro atoms. The summed E-state index contributed by atoms with van der Waals surface area (Å²) in [5.41, 5.74) is 5.34. The van der Waals surface area contributed by atoms with Gasteiger partial charge in [-0.25, -0.2) is 0 Å². The molecular weight excluding hydrogens is 314 g/mol. The van der Waals surface area contributed by atoms with E-state index in [1.807, 2.05) is 38.1 Å². The number of anilines is 1. The van der Waals surface area contributed by atoms with Gasteiger partial charge in [-0.05, 0) is 49.6 Å². The van der Waals surface area contributed by atoms with Gasteiger partial charge in [-0.3, -0.25) is 4.79 Å². The Labute approximate surface area is 128 Å². The number of amides is 1. The normalized spacial score (nSPS) is 10.4. The molecule has 2 rings (SSSR count). The Hall–Kier alpha value is -1.61. The van der Waals surface area contributed by atoms with Crippen LogP contribution in [0.1, 0.15) is 22.3 Å². The SMILES string of the molecule is Cc1cc(C)c(NC(=O)Cc2cccc(Br)c2)c(C)c1. The number of rotatable bonds is 3. The average Bonchev–Trinajstić information content (AvgIpc) is 2.33. The standard InChI is InChI=1S/C17H18BrNO/c1-11-7-12(2)17(13(3)8-11)19-16(20)10-14-5-4-6-15(18)9-14/h4-9H,10H2,1-3H3,(H,19,20). The highest BCUT2D eigenvalue weighted by Gasteiger charge is 2.09. The molecule has 0 radical (unpaired) electrons. The van der Waals surface area contributed by atoms with Crippen LogP contribution in [0.15, 0.2) is 40.9 Å². The van der Waals surface area contributed by atoms with Crippen LogP contribution in [0.3, 0.4) is 0 Å². The lowest BCUT2D eigenvalue weighted by Gasteiger charge is -2.13. The van der Waals surface area contributed by atoms with E-state index in [0.29, 0.717) is 6.42 Å². The van der Waals surface area contributed by atoms with Gasteiger partial charge >= 0.3 is 0 Å². The van der Waals surface area contributed by atoms with Gasteiger partial charge in [0.05, 0.1) is 6.42 Å². The molecule has 0 saturated heterocycles. The highest BCUT2D eigenvalue weighted by molar-refractivity contribution is 9.10. The first-order valence-electron chi connectivity index (χ1n) is 6.58. The molecule has 0 heterocycles. The van der Waals surface area contributed by atoms with Crippen LogP contribution in [0.5, 0.6) is 0 Å². The van der Waals surface area contributed by atoms with Crippen LogP contribution >= 0.6 is 15.9 Å². The Kier molecular flexibility index (Phi) is 4.61. The van der Waals surface area contributed by atoms with Gasteiger partial charge in [-0.2, -0.15) is 0 Å². The zero-order chi connectivity index (χ0) is 14.7. The smallest absolute Gasteiger partial charge is 0.228 e. The lowest BCUT2D eigenvalue weighted by atomic mass is 10.0. The maximum absolute atomic E-state index is 12.2. The van der Waals surface area contributed by atoms with Gasteiger partial charge in [0.1, 0.15) is 0 Å². The molecule has 20 heavy (non-hydrogen) atoms. The topological polar surface area (TPSA) is 29.1 Å². The molecule has 0 aliphatic rings. The van der Waals surface area contributed by atoms with Crippen molar-refractivity contribution in [2.75, 3.05) is 5.32 Å². The van der Waals surface area contributed by atoms with E-state index in [1.54, 1.807) is 0 Å². The van der Waals surface area contributed by atoms with Crippen molar-refractivity contribution in [1.29, 1.82) is 0 Å². The molecule has 0 aromatic heterocycles. The Morgan fingerprint density at radius 2 is 1.75 bits per heavy atom. The summed E-state index contributed by atoms with van der Waals surface area (Å²) in [6.07, 6.45) is 0.381. The van der Waals surface area contributed by atoms with Crippen molar-refractivity contribution in [3.8, 4) is 0 Å². The molecule has 0 unspecified atom stereocenters. The first-order chi connectivity index (χ1) is 9.45. The van der Waals surface area contributed by atoms with Crippen molar-refractivity contribution in [3.63, 3.8) is 0 Å². The first-order valence-corrected chi connectivity index (χ1v) is 7.37. The summed E-state index contributed by atoms with van der Waals surface area (Å²) < 4.78 is 0.991. The summed E-state index contributed by atoms with van der Waals surface area (Å²) >= 11 is 3.42. The third-order valence-electron chi connectivity index (χ3n) is 3.20. The molecule has 2 nitrogen and oxygen atoms in total. The molecule has 0 saturated carbocycles. The molecule has 2 aromatic carbocycles. The average molecular weight is 332 g/mol. The largest absolute Gasteiger partial charge is 0.325 e. The summed E-state index contributed by atoms with van der Waals surface area (Å²) in [4.78, 5) is 12.2. The van der Waals surface area contributed by atoms with Crippen molar-refractivity contribution in [3.05, 3.63) is 63.1 Å². The van der Waals surface area contributed by atoms with Crippen LogP contribution in [0.25, 0.3) is 0 Å². The van der Waals surface area contributed by atoms with Crippen LogP contribution in [-0.2, 0) is 11.2 Å². The minimum absolute atomic E-state index is 0.0122. The number of aryl methyl sites for hydroxylation is 3. The summed E-state index contributed by atoms with van der Waals surface area (Å²) in [6, 6.07) is 12.0. The monoisotopic (exact) mass is 331 g/mol. The fourth-order valence-electron chi connectivity index (χ4n) is 2.39. The number of halogens is 1. The molecule has 3 heteroatoms. The molecule has 104 valence electrons. The van der Waals surface area contributed by atoms with Crippen molar-refractivity contribution in [1.82, 2.24) is 0 Å². The van der Waals surface area contributed by atoms with Gasteiger partial charge in [0.15, 0.2) is 0 Å². The van der Waals surface area contributed by atoms with Crippen molar-refractivity contribution >= 4 is 27.5 Å². The highest BCUT2D eigenvalue weighted by Crippen LogP contribution is 2.22. The quantitative estimate of drug-likeness (QED) is 0.877. The number of nitrogens with one attached hydrogen (secondary N) is 1. The van der Waals surface area contributed by atoms with Gasteiger partial charge < -0.3 is 5.32 Å². The minimum atomic E-state index is 0.0122. The third kappa shape index (κ3) is 3.70. The third-order valence-corrected chi connectivity index (χ3v) is 3.69. The summed E-state index contributed by atoms with van der Waals surface area (Å²) in [5.74, 6) is 0.0122. The predicted octanol–water partition coefficient (Wildman–Crippen LogP) is 4.56. The first kappa shape index (κ1) is 14.8. The number of hydrogen-bond donors (Lipinski definition) is 1. The second-order valence-corrected chi connectivity index (χ2v) is 6.04. The molecule has 1 amide bonds. The lowest BCUT2D eigenvalue weighted by Crippen LogP contribution is -2.16. The van der Waals surface area contributed by atoms with Crippen LogP contribution in [0.2, 0.25) is 0 Å². The van der Waals surface area contributed by atoms with Crippen LogP contribution in [0.4, 0.5) is 5.69 Å². The molecule has 0 aliphatic heterocycles. The zero-order valence-electron chi connectivity index (χ0n) is 12.0. The number of carbonyl (C=O) groups excluding carboxylic acids is 1. The van der Waals surface area contributed by atoms with Crippen LogP contribution < -0.4 is 5.32 Å². The molecule has 1 N–H and O–H groups in total. The maximum Gasteiger partial charge on any atom is 0.228 e. The lowest BCUT2D eigenvalue weighted by molar-refractivity contribution is -0.115. The number of hydrogen-bond acceptors (Lipinski definition) is 1. The molecule has 0 aliphatic carbocycles. The van der Waals surface area contributed by atoms with Crippen molar-refractivity contribution in [2.24, 2.45) is 0 Å². The van der Waals surface area contributed by atoms with Crippen molar-refractivity contribution < 1.29 is 4.79 Å². The fraction of sp³-hybridized carbons (Fsp3) is 0.235. The van der Waals surface area contributed by atoms with Gasteiger partial charge in [0.25, 0.3) is 0 Å². The van der Waals surface area contributed by atoms with Crippen LogP contribution in [-0.4, -0.2) is 5.91 Å². The van der Waals surface area contributed by atoms with E-state index in [0.717, 1.165) is 26.9 Å². The second kappa shape index (κ2) is 6.23. The summed E-state index contributed by atoms with van der Waals surface area (Å²) in [7, 11) is 0.